The summed E-state index contributed by atoms with van der Waals surface area (Å²) in [6.07, 6.45) is 3.60. The zero-order valence-corrected chi connectivity index (χ0v) is 9.08. The van der Waals surface area contributed by atoms with Crippen molar-refractivity contribution in [2.45, 2.75) is 26.7 Å². The molecule has 3 heteroatoms. The number of carbonyl (C=O) groups is 1. The molecule has 0 spiro atoms. The molecule has 1 aliphatic rings. The van der Waals surface area contributed by atoms with Crippen molar-refractivity contribution in [3.63, 3.8) is 0 Å². The Hall–Kier alpha value is -0.830. The Morgan fingerprint density at radius 2 is 2.00 bits per heavy atom. The first-order valence-corrected chi connectivity index (χ1v) is 5.19. The van der Waals surface area contributed by atoms with E-state index in [9.17, 15) is 4.79 Å². The summed E-state index contributed by atoms with van der Waals surface area (Å²) in [5, 5.41) is 0. The van der Waals surface area contributed by atoms with E-state index < -0.39 is 0 Å². The number of ether oxygens (including phenoxy) is 1. The minimum atomic E-state index is 0.255. The van der Waals surface area contributed by atoms with Crippen LogP contribution in [0.3, 0.4) is 0 Å². The lowest BCUT2D eigenvalue weighted by Crippen LogP contribution is -2.40. The molecule has 0 saturated carbocycles. The molecule has 1 saturated heterocycles. The molecule has 1 heterocycles. The van der Waals surface area contributed by atoms with E-state index in [2.05, 4.69) is 19.9 Å². The summed E-state index contributed by atoms with van der Waals surface area (Å²) in [5.41, 5.74) is 1.28. The third-order valence-corrected chi connectivity index (χ3v) is 2.27. The molecule has 0 bridgehead atoms. The first-order valence-electron chi connectivity index (χ1n) is 5.19. The van der Waals surface area contributed by atoms with Crippen molar-refractivity contribution in [3.05, 3.63) is 11.6 Å². The number of hydrogen-bond acceptors (Lipinski definition) is 2. The second-order valence-electron chi connectivity index (χ2n) is 3.81. The maximum atomic E-state index is 11.6. The second-order valence-corrected chi connectivity index (χ2v) is 3.81. The van der Waals surface area contributed by atoms with Gasteiger partial charge in [-0.3, -0.25) is 4.79 Å². The van der Waals surface area contributed by atoms with E-state index >= 15 is 0 Å². The van der Waals surface area contributed by atoms with Crippen molar-refractivity contribution < 1.29 is 9.53 Å². The lowest BCUT2D eigenvalue weighted by Gasteiger charge is -2.26. The Bertz CT molecular complexity index is 213. The van der Waals surface area contributed by atoms with Gasteiger partial charge in [0.2, 0.25) is 5.91 Å². The number of morpholine rings is 1. The molecule has 80 valence electrons. The van der Waals surface area contributed by atoms with E-state index in [4.69, 9.17) is 4.74 Å². The lowest BCUT2D eigenvalue weighted by atomic mass is 10.2. The van der Waals surface area contributed by atoms with Gasteiger partial charge in [0.1, 0.15) is 0 Å². The van der Waals surface area contributed by atoms with Crippen LogP contribution < -0.4 is 0 Å². The van der Waals surface area contributed by atoms with Crippen LogP contribution in [0.4, 0.5) is 0 Å². The standard InChI is InChI=1S/C11H19NO2/c1-10(2)4-3-5-11(13)12-6-8-14-9-7-12/h4H,3,5-9H2,1-2H3. The summed E-state index contributed by atoms with van der Waals surface area (Å²) in [4.78, 5) is 13.5. The molecule has 1 amide bonds. The van der Waals surface area contributed by atoms with Crippen LogP contribution in [0.5, 0.6) is 0 Å². The van der Waals surface area contributed by atoms with Gasteiger partial charge in [-0.25, -0.2) is 0 Å². The molecule has 1 aliphatic heterocycles. The number of hydrogen-bond donors (Lipinski definition) is 0. The van der Waals surface area contributed by atoms with Crippen molar-refractivity contribution in [3.8, 4) is 0 Å². The summed E-state index contributed by atoms with van der Waals surface area (Å²) >= 11 is 0. The number of rotatable bonds is 3. The maximum absolute atomic E-state index is 11.6. The molecule has 1 fully saturated rings. The van der Waals surface area contributed by atoms with Gasteiger partial charge in [0.05, 0.1) is 13.2 Å². The molecule has 1 rings (SSSR count). The fraction of sp³-hybridized carbons (Fsp3) is 0.727. The average molecular weight is 197 g/mol. The van der Waals surface area contributed by atoms with E-state index in [1.54, 1.807) is 0 Å². The minimum Gasteiger partial charge on any atom is -0.378 e. The first-order chi connectivity index (χ1) is 6.70. The summed E-state index contributed by atoms with van der Waals surface area (Å²) < 4.78 is 5.19. The lowest BCUT2D eigenvalue weighted by molar-refractivity contribution is -0.135. The number of allylic oxidation sites excluding steroid dienone is 2. The smallest absolute Gasteiger partial charge is 0.223 e. The highest BCUT2D eigenvalue weighted by Crippen LogP contribution is 2.04. The van der Waals surface area contributed by atoms with Crippen LogP contribution in [0.1, 0.15) is 26.7 Å². The highest BCUT2D eigenvalue weighted by atomic mass is 16.5. The fourth-order valence-corrected chi connectivity index (χ4v) is 1.46. The number of carbonyl (C=O) groups excluding carboxylic acids is 1. The Morgan fingerprint density at radius 3 is 2.57 bits per heavy atom. The molecule has 0 aliphatic carbocycles. The van der Waals surface area contributed by atoms with Gasteiger partial charge in [0.25, 0.3) is 0 Å². The predicted molar refractivity (Wildman–Crippen MR) is 56.1 cm³/mol. The van der Waals surface area contributed by atoms with Gasteiger partial charge in [-0.15, -0.1) is 0 Å². The zero-order valence-electron chi connectivity index (χ0n) is 9.08. The largest absolute Gasteiger partial charge is 0.378 e. The topological polar surface area (TPSA) is 29.5 Å². The first kappa shape index (κ1) is 11.2. The molecular formula is C11H19NO2. The predicted octanol–water partition coefficient (Wildman–Crippen LogP) is 1.59. The van der Waals surface area contributed by atoms with Crippen LogP contribution in [-0.4, -0.2) is 37.1 Å². The van der Waals surface area contributed by atoms with Gasteiger partial charge in [-0.2, -0.15) is 0 Å². The average Bonchev–Trinajstić information content (AvgIpc) is 2.18. The van der Waals surface area contributed by atoms with Crippen LogP contribution in [0.2, 0.25) is 0 Å². The van der Waals surface area contributed by atoms with Crippen LogP contribution in [0.15, 0.2) is 11.6 Å². The summed E-state index contributed by atoms with van der Waals surface area (Å²) in [6, 6.07) is 0. The van der Waals surface area contributed by atoms with Crippen molar-refractivity contribution >= 4 is 5.91 Å². The highest BCUT2D eigenvalue weighted by molar-refractivity contribution is 5.76. The number of amides is 1. The van der Waals surface area contributed by atoms with Gasteiger partial charge in [0.15, 0.2) is 0 Å². The second kappa shape index (κ2) is 5.81. The summed E-state index contributed by atoms with van der Waals surface area (Å²) in [7, 11) is 0. The third-order valence-electron chi connectivity index (χ3n) is 2.27. The van der Waals surface area contributed by atoms with Gasteiger partial charge in [0, 0.05) is 19.5 Å². The molecule has 0 aromatic heterocycles. The highest BCUT2D eigenvalue weighted by Gasteiger charge is 2.15. The molecule has 3 nitrogen and oxygen atoms in total. The van der Waals surface area contributed by atoms with Crippen LogP contribution >= 0.6 is 0 Å². The molecule has 0 N–H and O–H groups in total. The van der Waals surface area contributed by atoms with E-state index in [-0.39, 0.29) is 5.91 Å². The van der Waals surface area contributed by atoms with Crippen molar-refractivity contribution in [1.29, 1.82) is 0 Å². The summed E-state index contributed by atoms with van der Waals surface area (Å²) in [6.45, 7) is 7.00. The van der Waals surface area contributed by atoms with Gasteiger partial charge < -0.3 is 9.64 Å². The monoisotopic (exact) mass is 197 g/mol. The molecule has 0 radical (unpaired) electrons. The molecule has 0 aromatic rings. The Labute approximate surface area is 85.7 Å². The van der Waals surface area contributed by atoms with E-state index in [0.717, 1.165) is 19.5 Å². The van der Waals surface area contributed by atoms with Crippen LogP contribution in [-0.2, 0) is 9.53 Å². The fourth-order valence-electron chi connectivity index (χ4n) is 1.46. The Morgan fingerprint density at radius 1 is 1.36 bits per heavy atom. The quantitative estimate of drug-likeness (QED) is 0.643. The SMILES string of the molecule is CC(C)=CCCC(=O)N1CCOCC1. The Balaban J connectivity index is 2.23. The maximum Gasteiger partial charge on any atom is 0.223 e. The van der Waals surface area contributed by atoms with Crippen molar-refractivity contribution in [2.75, 3.05) is 26.3 Å². The van der Waals surface area contributed by atoms with Gasteiger partial charge in [-0.05, 0) is 20.3 Å². The van der Waals surface area contributed by atoms with Crippen molar-refractivity contribution in [1.82, 2.24) is 4.90 Å². The molecular weight excluding hydrogens is 178 g/mol. The third kappa shape index (κ3) is 3.92. The van der Waals surface area contributed by atoms with Gasteiger partial charge in [-0.1, -0.05) is 11.6 Å². The molecule has 0 atom stereocenters. The van der Waals surface area contributed by atoms with Crippen LogP contribution in [0, 0.1) is 0 Å². The van der Waals surface area contributed by atoms with E-state index in [1.807, 2.05) is 4.90 Å². The minimum absolute atomic E-state index is 0.255. The molecule has 0 unspecified atom stereocenters. The van der Waals surface area contributed by atoms with Crippen LogP contribution in [0.25, 0.3) is 0 Å². The van der Waals surface area contributed by atoms with E-state index in [1.165, 1.54) is 5.57 Å². The Kier molecular flexibility index (Phi) is 4.66. The van der Waals surface area contributed by atoms with Gasteiger partial charge >= 0.3 is 0 Å². The zero-order chi connectivity index (χ0) is 10.4. The normalized spacial score (nSPS) is 16.6. The number of nitrogens with zero attached hydrogens (tertiary/aromatic N) is 1. The molecule has 0 aromatic carbocycles. The summed E-state index contributed by atoms with van der Waals surface area (Å²) in [5.74, 6) is 0.255. The van der Waals surface area contributed by atoms with E-state index in [0.29, 0.717) is 19.6 Å². The molecule has 14 heavy (non-hydrogen) atoms. The van der Waals surface area contributed by atoms with Crippen molar-refractivity contribution in [2.24, 2.45) is 0 Å².